The van der Waals surface area contributed by atoms with Crippen molar-refractivity contribution in [1.29, 1.82) is 0 Å². The molecule has 2 rings (SSSR count). The molecule has 0 atom stereocenters. The molecule has 16 heavy (non-hydrogen) atoms. The Morgan fingerprint density at radius 3 is 2.69 bits per heavy atom. The van der Waals surface area contributed by atoms with Gasteiger partial charge in [0.25, 0.3) is 0 Å². The van der Waals surface area contributed by atoms with Gasteiger partial charge in [-0.05, 0) is 44.2 Å². The third-order valence-electron chi connectivity index (χ3n) is 3.34. The van der Waals surface area contributed by atoms with E-state index in [-0.39, 0.29) is 0 Å². The SMILES string of the molecule is Cc1ccc(CNC2CCC(N)CC2)cn1. The lowest BCUT2D eigenvalue weighted by Gasteiger charge is -2.26. The van der Waals surface area contributed by atoms with Gasteiger partial charge >= 0.3 is 0 Å². The summed E-state index contributed by atoms with van der Waals surface area (Å²) in [7, 11) is 0. The number of aryl methyl sites for hydroxylation is 1. The summed E-state index contributed by atoms with van der Waals surface area (Å²) in [5, 5.41) is 3.58. The molecule has 0 saturated heterocycles. The van der Waals surface area contributed by atoms with Gasteiger partial charge in [-0.1, -0.05) is 6.07 Å². The first kappa shape index (κ1) is 11.6. The van der Waals surface area contributed by atoms with Crippen molar-refractivity contribution in [3.63, 3.8) is 0 Å². The van der Waals surface area contributed by atoms with Gasteiger partial charge in [-0.15, -0.1) is 0 Å². The molecule has 1 aliphatic carbocycles. The summed E-state index contributed by atoms with van der Waals surface area (Å²) in [6.45, 7) is 2.94. The van der Waals surface area contributed by atoms with Gasteiger partial charge in [0.2, 0.25) is 0 Å². The zero-order valence-corrected chi connectivity index (χ0v) is 9.95. The minimum Gasteiger partial charge on any atom is -0.328 e. The minimum absolute atomic E-state index is 0.430. The fourth-order valence-corrected chi connectivity index (χ4v) is 2.19. The highest BCUT2D eigenvalue weighted by Gasteiger charge is 2.17. The first-order valence-electron chi connectivity index (χ1n) is 6.14. The fraction of sp³-hybridized carbons (Fsp3) is 0.615. The molecule has 0 amide bonds. The molecule has 3 nitrogen and oxygen atoms in total. The second-order valence-electron chi connectivity index (χ2n) is 4.80. The maximum absolute atomic E-state index is 5.88. The monoisotopic (exact) mass is 219 g/mol. The van der Waals surface area contributed by atoms with Crippen LogP contribution in [0.1, 0.15) is 36.9 Å². The molecule has 1 aliphatic rings. The van der Waals surface area contributed by atoms with Crippen molar-refractivity contribution >= 4 is 0 Å². The number of hydrogen-bond acceptors (Lipinski definition) is 3. The lowest BCUT2D eigenvalue weighted by molar-refractivity contribution is 0.341. The Morgan fingerprint density at radius 1 is 1.31 bits per heavy atom. The molecule has 0 radical (unpaired) electrons. The quantitative estimate of drug-likeness (QED) is 0.814. The van der Waals surface area contributed by atoms with Gasteiger partial charge in [-0.25, -0.2) is 0 Å². The van der Waals surface area contributed by atoms with E-state index < -0.39 is 0 Å². The average Bonchev–Trinajstić information content (AvgIpc) is 2.30. The number of pyridine rings is 1. The van der Waals surface area contributed by atoms with Crippen LogP contribution in [0.5, 0.6) is 0 Å². The molecule has 0 aliphatic heterocycles. The summed E-state index contributed by atoms with van der Waals surface area (Å²) >= 11 is 0. The fourth-order valence-electron chi connectivity index (χ4n) is 2.19. The highest BCUT2D eigenvalue weighted by atomic mass is 14.9. The minimum atomic E-state index is 0.430. The standard InChI is InChI=1S/C13H21N3/c1-10-2-3-11(8-15-10)9-16-13-6-4-12(14)5-7-13/h2-3,8,12-13,16H,4-7,9,14H2,1H3. The van der Waals surface area contributed by atoms with Crippen LogP contribution in [-0.2, 0) is 6.54 Å². The van der Waals surface area contributed by atoms with Gasteiger partial charge in [-0.2, -0.15) is 0 Å². The van der Waals surface area contributed by atoms with Crippen molar-refractivity contribution in [2.24, 2.45) is 5.73 Å². The summed E-state index contributed by atoms with van der Waals surface area (Å²) in [6.07, 6.45) is 6.69. The third-order valence-corrected chi connectivity index (χ3v) is 3.34. The second-order valence-corrected chi connectivity index (χ2v) is 4.80. The molecule has 0 aromatic carbocycles. The number of nitrogens with two attached hydrogens (primary N) is 1. The van der Waals surface area contributed by atoms with Crippen molar-refractivity contribution in [3.05, 3.63) is 29.6 Å². The maximum atomic E-state index is 5.88. The van der Waals surface area contributed by atoms with Crippen LogP contribution in [0.4, 0.5) is 0 Å². The maximum Gasteiger partial charge on any atom is 0.0372 e. The predicted molar refractivity (Wildman–Crippen MR) is 66.0 cm³/mol. The van der Waals surface area contributed by atoms with E-state index in [0.717, 1.165) is 25.1 Å². The summed E-state index contributed by atoms with van der Waals surface area (Å²) in [5.41, 5.74) is 8.22. The van der Waals surface area contributed by atoms with Crippen molar-refractivity contribution in [3.8, 4) is 0 Å². The lowest BCUT2D eigenvalue weighted by Crippen LogP contribution is -2.37. The second kappa shape index (κ2) is 5.41. The number of hydrogen-bond donors (Lipinski definition) is 2. The van der Waals surface area contributed by atoms with Crippen LogP contribution in [0, 0.1) is 6.92 Å². The largest absolute Gasteiger partial charge is 0.328 e. The molecule has 0 spiro atoms. The topological polar surface area (TPSA) is 50.9 Å². The van der Waals surface area contributed by atoms with E-state index in [1.165, 1.54) is 18.4 Å². The lowest BCUT2D eigenvalue weighted by atomic mass is 9.92. The van der Waals surface area contributed by atoms with Gasteiger partial charge in [0.15, 0.2) is 0 Å². The zero-order chi connectivity index (χ0) is 11.4. The highest BCUT2D eigenvalue weighted by Crippen LogP contribution is 2.17. The van der Waals surface area contributed by atoms with E-state index >= 15 is 0 Å². The van der Waals surface area contributed by atoms with E-state index in [1.54, 1.807) is 0 Å². The number of nitrogens with one attached hydrogen (secondary N) is 1. The van der Waals surface area contributed by atoms with E-state index in [1.807, 2.05) is 13.1 Å². The number of rotatable bonds is 3. The molecule has 1 heterocycles. The van der Waals surface area contributed by atoms with Gasteiger partial charge in [-0.3, -0.25) is 4.98 Å². The zero-order valence-electron chi connectivity index (χ0n) is 9.95. The summed E-state index contributed by atoms with van der Waals surface area (Å²) in [4.78, 5) is 4.29. The summed E-state index contributed by atoms with van der Waals surface area (Å²) < 4.78 is 0. The molecular formula is C13H21N3. The van der Waals surface area contributed by atoms with Crippen molar-refractivity contribution in [1.82, 2.24) is 10.3 Å². The van der Waals surface area contributed by atoms with E-state index in [2.05, 4.69) is 22.4 Å². The molecule has 1 aromatic heterocycles. The Labute approximate surface area is 97.5 Å². The van der Waals surface area contributed by atoms with Crippen LogP contribution < -0.4 is 11.1 Å². The first-order valence-corrected chi connectivity index (χ1v) is 6.14. The molecule has 1 fully saturated rings. The molecule has 3 heteroatoms. The van der Waals surface area contributed by atoms with E-state index in [4.69, 9.17) is 5.73 Å². The van der Waals surface area contributed by atoms with E-state index in [0.29, 0.717) is 12.1 Å². The first-order chi connectivity index (χ1) is 7.74. The van der Waals surface area contributed by atoms with Crippen LogP contribution in [0.15, 0.2) is 18.3 Å². The predicted octanol–water partition coefficient (Wildman–Crippen LogP) is 1.75. The molecule has 0 bridgehead atoms. The smallest absolute Gasteiger partial charge is 0.0372 e. The molecule has 88 valence electrons. The van der Waals surface area contributed by atoms with Gasteiger partial charge in [0, 0.05) is 30.5 Å². The van der Waals surface area contributed by atoms with E-state index in [9.17, 15) is 0 Å². The van der Waals surface area contributed by atoms with Crippen molar-refractivity contribution in [2.75, 3.05) is 0 Å². The molecule has 3 N–H and O–H groups in total. The summed E-state index contributed by atoms with van der Waals surface area (Å²) in [5.74, 6) is 0. The Bertz CT molecular complexity index is 312. The van der Waals surface area contributed by atoms with Gasteiger partial charge in [0.05, 0.1) is 0 Å². The van der Waals surface area contributed by atoms with Crippen LogP contribution in [0.2, 0.25) is 0 Å². The van der Waals surface area contributed by atoms with Crippen LogP contribution in [0.3, 0.4) is 0 Å². The number of aromatic nitrogens is 1. The van der Waals surface area contributed by atoms with Crippen LogP contribution >= 0.6 is 0 Å². The molecule has 0 unspecified atom stereocenters. The van der Waals surface area contributed by atoms with Crippen molar-refractivity contribution in [2.45, 2.75) is 51.2 Å². The summed E-state index contributed by atoms with van der Waals surface area (Å²) in [6, 6.07) is 5.28. The normalized spacial score (nSPS) is 25.6. The van der Waals surface area contributed by atoms with Gasteiger partial charge in [0.1, 0.15) is 0 Å². The Morgan fingerprint density at radius 2 is 2.06 bits per heavy atom. The van der Waals surface area contributed by atoms with Crippen molar-refractivity contribution < 1.29 is 0 Å². The molecule has 1 saturated carbocycles. The Hall–Kier alpha value is -0.930. The number of nitrogens with zero attached hydrogens (tertiary/aromatic N) is 1. The highest BCUT2D eigenvalue weighted by molar-refractivity contribution is 5.12. The molecular weight excluding hydrogens is 198 g/mol. The van der Waals surface area contributed by atoms with Crippen LogP contribution in [-0.4, -0.2) is 17.1 Å². The Balaban J connectivity index is 1.77. The third kappa shape index (κ3) is 3.29. The van der Waals surface area contributed by atoms with Gasteiger partial charge < -0.3 is 11.1 Å². The Kier molecular flexibility index (Phi) is 3.91. The van der Waals surface area contributed by atoms with Crippen LogP contribution in [0.25, 0.3) is 0 Å². The molecule has 1 aromatic rings. The average molecular weight is 219 g/mol.